The molecule has 0 heterocycles. The summed E-state index contributed by atoms with van der Waals surface area (Å²) >= 11 is 0. The Morgan fingerprint density at radius 3 is 1.47 bits per heavy atom. The molecule has 6 N–H and O–H groups in total. The quantitative estimate of drug-likeness (QED) is 0.275. The van der Waals surface area contributed by atoms with Gasteiger partial charge in [0.2, 0.25) is 0 Å². The zero-order valence-electron chi connectivity index (χ0n) is 7.63. The lowest BCUT2D eigenvalue weighted by molar-refractivity contribution is -0.138. The van der Waals surface area contributed by atoms with Crippen molar-refractivity contribution < 1.29 is 32.2 Å². The van der Waals surface area contributed by atoms with Crippen molar-refractivity contribution in [3.63, 3.8) is 0 Å². The molecule has 2 unspecified atom stereocenters. The summed E-state index contributed by atoms with van der Waals surface area (Å²) in [6.45, 7) is 0. The van der Waals surface area contributed by atoms with E-state index in [1.54, 1.807) is 0 Å². The number of nitrogens with two attached hydrogens (primary N) is 2. The topological polar surface area (TPSA) is 127 Å². The molecule has 0 aromatic heterocycles. The number of hydrogen-bond donors (Lipinski definition) is 4. The van der Waals surface area contributed by atoms with Gasteiger partial charge in [0.05, 0.1) is 0 Å². The Bertz CT molecular complexity index is 197. The second-order valence-corrected chi connectivity index (χ2v) is 5.01. The van der Waals surface area contributed by atoms with Crippen LogP contribution in [0.5, 0.6) is 0 Å². The number of aliphatic carboxylic acids is 2. The van der Waals surface area contributed by atoms with E-state index >= 15 is 0 Å². The summed E-state index contributed by atoms with van der Waals surface area (Å²) in [6, 6.07) is -1.85. The fourth-order valence-electron chi connectivity index (χ4n) is 0.385. The molecule has 0 radical (unpaired) electrons. The minimum atomic E-state index is -1.07. The Morgan fingerprint density at radius 2 is 1.27 bits per heavy atom. The molecule has 0 bridgehead atoms. The largest absolute Gasteiger partial charge is 1.00 e. The van der Waals surface area contributed by atoms with Gasteiger partial charge in [0.1, 0.15) is 12.1 Å². The van der Waals surface area contributed by atoms with Gasteiger partial charge in [-0.1, -0.05) is 21.6 Å². The van der Waals surface area contributed by atoms with Crippen molar-refractivity contribution in [3.05, 3.63) is 0 Å². The first-order valence-corrected chi connectivity index (χ1v) is 6.15. The molecule has 0 saturated heterocycles. The van der Waals surface area contributed by atoms with Gasteiger partial charge in [-0.2, -0.15) is 0 Å². The molecule has 0 aromatic rings. The Balaban J connectivity index is 0. The smallest absolute Gasteiger partial charge is 0.321 e. The highest BCUT2D eigenvalue weighted by Crippen LogP contribution is 2.22. The lowest BCUT2D eigenvalue weighted by atomic mass is 10.4. The van der Waals surface area contributed by atoms with Gasteiger partial charge in [-0.25, -0.2) is 0 Å². The van der Waals surface area contributed by atoms with Crippen molar-refractivity contribution >= 4 is 33.5 Å². The monoisotopic (exact) mass is 275 g/mol. The molecule has 0 aliphatic heterocycles. The van der Waals surface area contributed by atoms with Gasteiger partial charge in [-0.05, 0) is 0 Å². The second-order valence-electron chi connectivity index (χ2n) is 2.46. The third-order valence-electron chi connectivity index (χ3n) is 1.21. The van der Waals surface area contributed by atoms with Crippen molar-refractivity contribution in [1.29, 1.82) is 0 Å². The second kappa shape index (κ2) is 9.10. The Morgan fingerprint density at radius 1 is 1.00 bits per heavy atom. The third kappa shape index (κ3) is 8.82. The molecule has 15 heavy (non-hydrogen) atoms. The standard InChI is InChI=1S/C6H12N2O4S2.ClH/c7-3(5(9)10)1-13-14-2-4(8)6(11)12;/h3-4H,1-2,7-8H2,(H,9,10)(H,11,12);1H/p-1. The van der Waals surface area contributed by atoms with Crippen molar-refractivity contribution in [2.75, 3.05) is 11.5 Å². The van der Waals surface area contributed by atoms with Gasteiger partial charge in [-0.3, -0.25) is 9.59 Å². The summed E-state index contributed by atoms with van der Waals surface area (Å²) < 4.78 is 0. The number of rotatable bonds is 7. The first-order chi connectivity index (χ1) is 6.45. The molecule has 0 amide bonds. The molecule has 0 fully saturated rings. The summed E-state index contributed by atoms with van der Waals surface area (Å²) in [6.07, 6.45) is 0. The molecule has 2 atom stereocenters. The molecule has 0 aliphatic rings. The summed E-state index contributed by atoms with van der Waals surface area (Å²) in [4.78, 5) is 20.5. The van der Waals surface area contributed by atoms with Crippen LogP contribution in [0, 0.1) is 0 Å². The Labute approximate surface area is 101 Å². The number of carboxylic acid groups (broad SMARTS) is 2. The summed E-state index contributed by atoms with van der Waals surface area (Å²) in [7, 11) is 2.41. The van der Waals surface area contributed by atoms with Crippen molar-refractivity contribution in [1.82, 2.24) is 0 Å². The highest BCUT2D eigenvalue weighted by Gasteiger charge is 2.14. The minimum absolute atomic E-state index is 0. The van der Waals surface area contributed by atoms with E-state index < -0.39 is 24.0 Å². The van der Waals surface area contributed by atoms with Gasteiger partial charge in [0, 0.05) is 11.5 Å². The van der Waals surface area contributed by atoms with Gasteiger partial charge in [0.15, 0.2) is 0 Å². The van der Waals surface area contributed by atoms with E-state index in [4.69, 9.17) is 21.7 Å². The molecule has 9 heteroatoms. The van der Waals surface area contributed by atoms with Gasteiger partial charge >= 0.3 is 11.9 Å². The molecular formula is C6H12ClN2O4S2-. The Kier molecular flexibility index (Phi) is 10.5. The van der Waals surface area contributed by atoms with E-state index in [0.717, 1.165) is 0 Å². The van der Waals surface area contributed by atoms with E-state index in [2.05, 4.69) is 0 Å². The first-order valence-electron chi connectivity index (χ1n) is 3.66. The molecule has 6 nitrogen and oxygen atoms in total. The maximum atomic E-state index is 10.3. The molecular weight excluding hydrogens is 264 g/mol. The average Bonchev–Trinajstić information content (AvgIpc) is 2.11. The number of hydrogen-bond acceptors (Lipinski definition) is 6. The predicted molar refractivity (Wildman–Crippen MR) is 56.1 cm³/mol. The number of carbonyl (C=O) groups is 2. The van der Waals surface area contributed by atoms with Crippen LogP contribution in [0.1, 0.15) is 0 Å². The van der Waals surface area contributed by atoms with Crippen molar-refractivity contribution in [3.8, 4) is 0 Å². The normalized spacial score (nSPS) is 13.7. The first kappa shape index (κ1) is 17.3. The molecule has 0 saturated carbocycles. The summed E-state index contributed by atoms with van der Waals surface area (Å²) in [5, 5.41) is 16.8. The lowest BCUT2D eigenvalue weighted by Crippen LogP contribution is -3.00. The molecule has 90 valence electrons. The van der Waals surface area contributed by atoms with Crippen LogP contribution >= 0.6 is 21.6 Å². The van der Waals surface area contributed by atoms with Crippen LogP contribution < -0.4 is 23.9 Å². The summed E-state index contributed by atoms with van der Waals surface area (Å²) in [5.41, 5.74) is 10.4. The molecule has 0 spiro atoms. The van der Waals surface area contributed by atoms with Crippen LogP contribution in [-0.4, -0.2) is 45.7 Å². The van der Waals surface area contributed by atoms with E-state index in [1.807, 2.05) is 0 Å². The average molecular weight is 276 g/mol. The Hall–Kier alpha value is -0.150. The zero-order chi connectivity index (χ0) is 11.1. The fraction of sp³-hybridized carbons (Fsp3) is 0.667. The third-order valence-corrected chi connectivity index (χ3v) is 3.69. The minimum Gasteiger partial charge on any atom is -1.00 e. The maximum absolute atomic E-state index is 10.3. The van der Waals surface area contributed by atoms with Crippen molar-refractivity contribution in [2.45, 2.75) is 12.1 Å². The lowest BCUT2D eigenvalue weighted by Gasteiger charge is -2.07. The van der Waals surface area contributed by atoms with Crippen LogP contribution in [0.15, 0.2) is 0 Å². The zero-order valence-corrected chi connectivity index (χ0v) is 10.0. The van der Waals surface area contributed by atoms with E-state index in [0.29, 0.717) is 0 Å². The fourth-order valence-corrected chi connectivity index (χ4v) is 2.61. The van der Waals surface area contributed by atoms with Crippen LogP contribution in [0.4, 0.5) is 0 Å². The van der Waals surface area contributed by atoms with Crippen molar-refractivity contribution in [2.24, 2.45) is 11.5 Å². The molecule has 0 aliphatic carbocycles. The molecule has 0 rings (SSSR count). The van der Waals surface area contributed by atoms with Crippen LogP contribution in [-0.2, 0) is 9.59 Å². The van der Waals surface area contributed by atoms with E-state index in [1.165, 1.54) is 21.6 Å². The highest BCUT2D eigenvalue weighted by molar-refractivity contribution is 8.76. The number of halogens is 1. The van der Waals surface area contributed by atoms with Gasteiger partial charge in [-0.15, -0.1) is 0 Å². The van der Waals surface area contributed by atoms with Gasteiger partial charge < -0.3 is 34.1 Å². The van der Waals surface area contributed by atoms with E-state index in [-0.39, 0.29) is 23.9 Å². The van der Waals surface area contributed by atoms with Gasteiger partial charge in [0.25, 0.3) is 0 Å². The SMILES string of the molecule is NC(CSSCC(N)C(=O)O)C(=O)O.[Cl-]. The number of carboxylic acids is 2. The summed E-state index contributed by atoms with van der Waals surface area (Å²) in [5.74, 6) is -1.68. The van der Waals surface area contributed by atoms with E-state index in [9.17, 15) is 9.59 Å². The van der Waals surface area contributed by atoms with Crippen LogP contribution in [0.3, 0.4) is 0 Å². The molecule has 0 aromatic carbocycles. The van der Waals surface area contributed by atoms with Crippen LogP contribution in [0.25, 0.3) is 0 Å². The maximum Gasteiger partial charge on any atom is 0.321 e. The highest BCUT2D eigenvalue weighted by atomic mass is 35.5. The van der Waals surface area contributed by atoms with Crippen LogP contribution in [0.2, 0.25) is 0 Å². The predicted octanol–water partition coefficient (Wildman–Crippen LogP) is -3.80.